The van der Waals surface area contributed by atoms with Crippen molar-refractivity contribution in [3.63, 3.8) is 0 Å². The molecule has 0 aliphatic carbocycles. The average Bonchev–Trinajstić information content (AvgIpc) is 2.94. The van der Waals surface area contributed by atoms with E-state index in [1.165, 1.54) is 24.1 Å². The summed E-state index contributed by atoms with van der Waals surface area (Å²) in [6, 6.07) is 17.7. The van der Waals surface area contributed by atoms with Gasteiger partial charge in [0.1, 0.15) is 18.3 Å². The Balaban J connectivity index is 2.10. The Bertz CT molecular complexity index is 1470. The molecule has 220 valence electrons. The molecule has 1 N–H and O–H groups in total. The summed E-state index contributed by atoms with van der Waals surface area (Å²) in [7, 11) is -2.60. The Morgan fingerprint density at radius 1 is 0.951 bits per heavy atom. The summed E-state index contributed by atoms with van der Waals surface area (Å²) < 4.78 is 32.3. The number of halogens is 3. The lowest BCUT2D eigenvalue weighted by Gasteiger charge is -2.33. The van der Waals surface area contributed by atoms with Gasteiger partial charge in [-0.1, -0.05) is 78.1 Å². The zero-order valence-electron chi connectivity index (χ0n) is 22.9. The fourth-order valence-electron chi connectivity index (χ4n) is 4.21. The number of rotatable bonds is 13. The first-order valence-electron chi connectivity index (χ1n) is 12.8. The fourth-order valence-corrected chi connectivity index (χ4v) is 5.54. The van der Waals surface area contributed by atoms with E-state index in [2.05, 4.69) is 5.32 Å². The Hall–Kier alpha value is -2.98. The van der Waals surface area contributed by atoms with Gasteiger partial charge in [0.15, 0.2) is 0 Å². The third kappa shape index (κ3) is 9.00. The van der Waals surface area contributed by atoms with Crippen LogP contribution in [0.25, 0.3) is 0 Å². The molecule has 0 heterocycles. The number of methoxy groups -OCH3 is 1. The molecule has 0 aliphatic rings. The minimum atomic E-state index is -3.99. The second-order valence-corrected chi connectivity index (χ2v) is 12.5. The molecule has 41 heavy (non-hydrogen) atoms. The van der Waals surface area contributed by atoms with Crippen LogP contribution in [0.15, 0.2) is 66.7 Å². The van der Waals surface area contributed by atoms with Crippen LogP contribution < -0.4 is 14.4 Å². The molecule has 0 saturated heterocycles. The van der Waals surface area contributed by atoms with Gasteiger partial charge in [-0.25, -0.2) is 8.42 Å². The maximum atomic E-state index is 14.1. The van der Waals surface area contributed by atoms with E-state index < -0.39 is 28.5 Å². The normalized spacial score (nSPS) is 12.0. The Morgan fingerprint density at radius 2 is 1.66 bits per heavy atom. The molecule has 0 spiro atoms. The zero-order valence-corrected chi connectivity index (χ0v) is 26.0. The highest BCUT2D eigenvalue weighted by Gasteiger charge is 2.33. The van der Waals surface area contributed by atoms with Gasteiger partial charge in [-0.15, -0.1) is 0 Å². The molecular weight excluding hydrogens is 609 g/mol. The second-order valence-electron chi connectivity index (χ2n) is 9.35. The summed E-state index contributed by atoms with van der Waals surface area (Å²) in [4.78, 5) is 29.0. The van der Waals surface area contributed by atoms with Crippen molar-refractivity contribution in [1.29, 1.82) is 0 Å². The minimum Gasteiger partial charge on any atom is -0.495 e. The molecule has 0 aliphatic heterocycles. The molecule has 0 aromatic heterocycles. The molecule has 12 heteroatoms. The summed E-state index contributed by atoms with van der Waals surface area (Å²) in [6.07, 6.45) is 1.88. The Kier molecular flexibility index (Phi) is 11.7. The van der Waals surface area contributed by atoms with E-state index in [0.717, 1.165) is 16.1 Å². The van der Waals surface area contributed by atoms with Crippen LogP contribution in [-0.4, -0.2) is 57.6 Å². The highest BCUT2D eigenvalue weighted by molar-refractivity contribution is 7.92. The largest absolute Gasteiger partial charge is 0.495 e. The molecule has 0 bridgehead atoms. The predicted molar refractivity (Wildman–Crippen MR) is 164 cm³/mol. The lowest BCUT2D eigenvalue weighted by molar-refractivity contribution is -0.140. The van der Waals surface area contributed by atoms with Gasteiger partial charge >= 0.3 is 0 Å². The number of carbonyl (C=O) groups excluding carboxylic acids is 2. The van der Waals surface area contributed by atoms with Gasteiger partial charge in [0, 0.05) is 24.5 Å². The molecule has 3 aromatic rings. The second kappa shape index (κ2) is 14.8. The SMILES string of the molecule is CCCNC(=O)[C@@H](Cc1ccccc1)N(Cc1ccc(Cl)c(Cl)c1)C(=O)CN(c1cc(Cl)ccc1OC)S(C)(=O)=O. The number of nitrogens with zero attached hydrogens (tertiary/aromatic N) is 2. The number of hydrogen-bond acceptors (Lipinski definition) is 5. The van der Waals surface area contributed by atoms with E-state index in [0.29, 0.717) is 23.6 Å². The van der Waals surface area contributed by atoms with Crippen LogP contribution in [0, 0.1) is 0 Å². The van der Waals surface area contributed by atoms with Gasteiger partial charge in [-0.05, 0) is 47.9 Å². The molecule has 8 nitrogen and oxygen atoms in total. The van der Waals surface area contributed by atoms with Crippen LogP contribution in [0.4, 0.5) is 5.69 Å². The van der Waals surface area contributed by atoms with Crippen molar-refractivity contribution in [3.8, 4) is 5.75 Å². The third-order valence-corrected chi connectivity index (χ3v) is 8.35. The lowest BCUT2D eigenvalue weighted by atomic mass is 10.0. The average molecular weight is 641 g/mol. The molecule has 0 fully saturated rings. The summed E-state index contributed by atoms with van der Waals surface area (Å²) >= 11 is 18.6. The lowest BCUT2D eigenvalue weighted by Crippen LogP contribution is -2.53. The molecule has 0 saturated carbocycles. The third-order valence-electron chi connectivity index (χ3n) is 6.25. The molecule has 3 rings (SSSR count). The van der Waals surface area contributed by atoms with Gasteiger partial charge in [0.2, 0.25) is 21.8 Å². The van der Waals surface area contributed by atoms with Crippen LogP contribution in [0.1, 0.15) is 24.5 Å². The Labute approximate surface area is 256 Å². The van der Waals surface area contributed by atoms with Gasteiger partial charge in [-0.2, -0.15) is 0 Å². The number of sulfonamides is 1. The highest BCUT2D eigenvalue weighted by atomic mass is 35.5. The van der Waals surface area contributed by atoms with Crippen LogP contribution in [0.5, 0.6) is 5.75 Å². The standard InChI is InChI=1S/C29H32Cl3N3O5S/c1-4-14-33-29(37)26(16-20-8-6-5-7-9-20)34(18-21-10-12-23(31)24(32)15-21)28(36)19-35(41(3,38)39)25-17-22(30)11-13-27(25)40-2/h5-13,15,17,26H,4,14,16,18-19H2,1-3H3,(H,33,37)/t26-/m1/s1. The molecular formula is C29H32Cl3N3O5S. The first-order valence-corrected chi connectivity index (χ1v) is 15.8. The van der Waals surface area contributed by atoms with Crippen molar-refractivity contribution in [1.82, 2.24) is 10.2 Å². The number of benzene rings is 3. The first-order chi connectivity index (χ1) is 19.4. The smallest absolute Gasteiger partial charge is 0.244 e. The van der Waals surface area contributed by atoms with E-state index in [1.54, 1.807) is 24.3 Å². The molecule has 0 radical (unpaired) electrons. The molecule has 2 amide bonds. The summed E-state index contributed by atoms with van der Waals surface area (Å²) in [6.45, 7) is 1.70. The van der Waals surface area contributed by atoms with Crippen molar-refractivity contribution in [2.45, 2.75) is 32.4 Å². The monoisotopic (exact) mass is 639 g/mol. The van der Waals surface area contributed by atoms with Gasteiger partial charge in [-0.3, -0.25) is 13.9 Å². The summed E-state index contributed by atoms with van der Waals surface area (Å²) in [5.41, 5.74) is 1.54. The number of carbonyl (C=O) groups is 2. The van der Waals surface area contributed by atoms with Crippen molar-refractivity contribution < 1.29 is 22.7 Å². The number of anilines is 1. The van der Waals surface area contributed by atoms with E-state index in [9.17, 15) is 18.0 Å². The van der Waals surface area contributed by atoms with Crippen LogP contribution in [0.3, 0.4) is 0 Å². The van der Waals surface area contributed by atoms with Crippen molar-refractivity contribution in [3.05, 3.63) is 92.9 Å². The number of nitrogens with one attached hydrogen (secondary N) is 1. The van der Waals surface area contributed by atoms with Gasteiger partial charge in [0.05, 0.1) is 29.1 Å². The maximum Gasteiger partial charge on any atom is 0.244 e. The van der Waals surface area contributed by atoms with Crippen LogP contribution in [0.2, 0.25) is 15.1 Å². The topological polar surface area (TPSA) is 96.0 Å². The first kappa shape index (κ1) is 32.5. The van der Waals surface area contributed by atoms with E-state index in [4.69, 9.17) is 39.5 Å². The molecule has 3 aromatic carbocycles. The minimum absolute atomic E-state index is 0.0307. The predicted octanol–water partition coefficient (Wildman–Crippen LogP) is 5.59. The quantitative estimate of drug-likeness (QED) is 0.263. The Morgan fingerprint density at radius 3 is 2.27 bits per heavy atom. The summed E-state index contributed by atoms with van der Waals surface area (Å²) in [5.74, 6) is -0.767. The van der Waals surface area contributed by atoms with E-state index >= 15 is 0 Å². The number of ether oxygens (including phenoxy) is 1. The zero-order chi connectivity index (χ0) is 30.2. The fraction of sp³-hybridized carbons (Fsp3) is 0.310. The van der Waals surface area contributed by atoms with Crippen LogP contribution in [-0.2, 0) is 32.6 Å². The highest BCUT2D eigenvalue weighted by Crippen LogP contribution is 2.33. The molecule has 0 unspecified atom stereocenters. The van der Waals surface area contributed by atoms with Crippen molar-refractivity contribution in [2.75, 3.05) is 30.8 Å². The van der Waals surface area contributed by atoms with Gasteiger partial charge in [0.25, 0.3) is 0 Å². The van der Waals surface area contributed by atoms with Crippen molar-refractivity contribution >= 4 is 62.3 Å². The van der Waals surface area contributed by atoms with Crippen LogP contribution >= 0.6 is 34.8 Å². The molecule has 1 atom stereocenters. The van der Waals surface area contributed by atoms with Crippen molar-refractivity contribution in [2.24, 2.45) is 0 Å². The summed E-state index contributed by atoms with van der Waals surface area (Å²) in [5, 5.41) is 3.77. The maximum absolute atomic E-state index is 14.1. The number of amides is 2. The van der Waals surface area contributed by atoms with E-state index in [-0.39, 0.29) is 40.4 Å². The number of hydrogen-bond donors (Lipinski definition) is 1. The van der Waals surface area contributed by atoms with Gasteiger partial charge < -0.3 is 15.0 Å². The van der Waals surface area contributed by atoms with E-state index in [1.807, 2.05) is 37.3 Å².